The highest BCUT2D eigenvalue weighted by molar-refractivity contribution is 6.32. The van der Waals surface area contributed by atoms with Gasteiger partial charge in [-0.1, -0.05) is 133 Å². The Hall–Kier alpha value is -5.11. The van der Waals surface area contributed by atoms with Crippen molar-refractivity contribution in [2.75, 3.05) is 39.3 Å². The van der Waals surface area contributed by atoms with Crippen molar-refractivity contribution in [2.45, 2.75) is 83.0 Å². The van der Waals surface area contributed by atoms with E-state index in [0.717, 1.165) is 56.5 Å². The van der Waals surface area contributed by atoms with Crippen molar-refractivity contribution in [3.8, 4) is 17.2 Å². The molecule has 3 aliphatic heterocycles. The van der Waals surface area contributed by atoms with Gasteiger partial charge in [0.15, 0.2) is 0 Å². The van der Waals surface area contributed by atoms with Gasteiger partial charge in [-0.15, -0.1) is 0 Å². The molecular weight excluding hydrogens is 786 g/mol. The summed E-state index contributed by atoms with van der Waals surface area (Å²) in [5.74, 6) is 4.65. The minimum atomic E-state index is 0.573. The van der Waals surface area contributed by atoms with Crippen molar-refractivity contribution in [2.24, 2.45) is 0 Å². The fourth-order valence-corrected chi connectivity index (χ4v) is 9.05. The predicted molar refractivity (Wildman–Crippen MR) is 256 cm³/mol. The molecule has 0 saturated carbocycles. The van der Waals surface area contributed by atoms with Gasteiger partial charge in [-0.3, -0.25) is 0 Å². The number of nitrogens with one attached hydrogen (secondary N) is 3. The van der Waals surface area contributed by atoms with Gasteiger partial charge < -0.3 is 30.2 Å². The van der Waals surface area contributed by atoms with E-state index in [1.165, 1.54) is 77.5 Å². The van der Waals surface area contributed by atoms with Gasteiger partial charge in [0, 0.05) is 0 Å². The van der Waals surface area contributed by atoms with Crippen LogP contribution in [-0.2, 0) is 19.8 Å². The van der Waals surface area contributed by atoms with Gasteiger partial charge >= 0.3 is 0 Å². The molecule has 62 heavy (non-hydrogen) atoms. The molecule has 3 heterocycles. The van der Waals surface area contributed by atoms with Crippen molar-refractivity contribution in [1.82, 2.24) is 16.0 Å². The second-order valence-electron chi connectivity index (χ2n) is 16.5. The summed E-state index contributed by atoms with van der Waals surface area (Å²) in [5, 5.41) is 11.0. The molecule has 6 nitrogen and oxygen atoms in total. The lowest BCUT2D eigenvalue weighted by molar-refractivity contribution is 0.301. The van der Waals surface area contributed by atoms with Crippen LogP contribution in [0.3, 0.4) is 0 Å². The van der Waals surface area contributed by atoms with Crippen molar-refractivity contribution in [1.29, 1.82) is 0 Å². The fourth-order valence-electron chi connectivity index (χ4n) is 8.86. The summed E-state index contributed by atoms with van der Waals surface area (Å²) in [6, 6.07) is 51.9. The molecular formula is C55H64ClN3O3. The second kappa shape index (κ2) is 24.5. The summed E-state index contributed by atoms with van der Waals surface area (Å²) in [6.45, 7) is 10.7. The Labute approximate surface area is 375 Å². The van der Waals surface area contributed by atoms with Crippen molar-refractivity contribution in [3.05, 3.63) is 196 Å². The SMILES string of the molecule is Cc1ccccc1OCc1ccccc1C1CCNCC1.Clc1ccccc1OCc1ccccc1C1CCNCC1.c1ccc(OCc2ccccc2C2CCNCC2)cc1. The number of benzene rings is 6. The van der Waals surface area contributed by atoms with Crippen molar-refractivity contribution in [3.63, 3.8) is 0 Å². The molecule has 3 saturated heterocycles. The Balaban J connectivity index is 0.000000140. The van der Waals surface area contributed by atoms with Gasteiger partial charge in [0.25, 0.3) is 0 Å². The van der Waals surface area contributed by atoms with Crippen LogP contribution >= 0.6 is 11.6 Å². The van der Waals surface area contributed by atoms with E-state index in [0.29, 0.717) is 42.6 Å². The number of ether oxygens (including phenoxy) is 3. The summed E-state index contributed by atoms with van der Waals surface area (Å²) in [4.78, 5) is 0. The molecule has 0 spiro atoms. The largest absolute Gasteiger partial charge is 0.489 e. The van der Waals surface area contributed by atoms with Crippen LogP contribution in [0.15, 0.2) is 152 Å². The molecule has 6 aromatic rings. The van der Waals surface area contributed by atoms with E-state index in [-0.39, 0.29) is 0 Å². The van der Waals surface area contributed by atoms with Crippen LogP contribution < -0.4 is 30.2 Å². The summed E-state index contributed by atoms with van der Waals surface area (Å²) in [5.41, 5.74) is 9.46. The molecule has 0 unspecified atom stereocenters. The quantitative estimate of drug-likeness (QED) is 0.114. The Morgan fingerprint density at radius 1 is 0.403 bits per heavy atom. The van der Waals surface area contributed by atoms with E-state index >= 15 is 0 Å². The molecule has 7 heteroatoms. The van der Waals surface area contributed by atoms with Gasteiger partial charge in [-0.05, 0) is 172 Å². The van der Waals surface area contributed by atoms with Gasteiger partial charge in [-0.2, -0.15) is 0 Å². The molecule has 0 radical (unpaired) electrons. The van der Waals surface area contributed by atoms with E-state index in [2.05, 4.69) is 102 Å². The van der Waals surface area contributed by atoms with Crippen LogP contribution in [-0.4, -0.2) is 39.3 Å². The first-order valence-electron chi connectivity index (χ1n) is 22.7. The van der Waals surface area contributed by atoms with Crippen LogP contribution in [0, 0.1) is 6.92 Å². The normalized spacial score (nSPS) is 15.9. The lowest BCUT2D eigenvalue weighted by Gasteiger charge is -2.25. The van der Waals surface area contributed by atoms with E-state index in [1.54, 1.807) is 0 Å². The van der Waals surface area contributed by atoms with Gasteiger partial charge in [0.05, 0.1) is 5.02 Å². The third-order valence-corrected chi connectivity index (χ3v) is 12.6. The minimum absolute atomic E-state index is 0.573. The van der Waals surface area contributed by atoms with Crippen LogP contribution in [0.1, 0.15) is 95.2 Å². The summed E-state index contributed by atoms with van der Waals surface area (Å²) < 4.78 is 17.9. The molecule has 9 rings (SSSR count). The second-order valence-corrected chi connectivity index (χ2v) is 17.0. The molecule has 0 atom stereocenters. The number of halogens is 1. The molecule has 324 valence electrons. The smallest absolute Gasteiger partial charge is 0.138 e. The first-order chi connectivity index (χ1) is 30.6. The minimum Gasteiger partial charge on any atom is -0.489 e. The topological polar surface area (TPSA) is 63.8 Å². The zero-order chi connectivity index (χ0) is 42.6. The van der Waals surface area contributed by atoms with E-state index in [4.69, 9.17) is 25.8 Å². The van der Waals surface area contributed by atoms with E-state index in [9.17, 15) is 0 Å². The van der Waals surface area contributed by atoms with Crippen LogP contribution in [0.25, 0.3) is 0 Å². The standard InChI is InChI=1S/C19H23NO.C18H20ClNO.C18H21NO/c1-15-6-2-5-9-19(15)21-14-17-7-3-4-8-18(17)16-10-12-20-13-11-16;19-17-7-3-4-8-18(17)21-13-15-5-1-2-6-16(15)14-9-11-20-12-10-14;1-2-7-17(8-3-1)20-14-16-6-4-5-9-18(16)15-10-12-19-13-11-15/h2-9,16,20H,10-14H2,1H3;1-8,14,20H,9-13H2;1-9,15,19H,10-14H2. The third kappa shape index (κ3) is 13.4. The fraction of sp³-hybridized carbons (Fsp3) is 0.345. The van der Waals surface area contributed by atoms with E-state index < -0.39 is 0 Å². The van der Waals surface area contributed by atoms with Gasteiger partial charge in [0.2, 0.25) is 0 Å². The Bertz CT molecular complexity index is 2110. The zero-order valence-electron chi connectivity index (χ0n) is 36.4. The first-order valence-corrected chi connectivity index (χ1v) is 23.1. The number of para-hydroxylation sites is 3. The average Bonchev–Trinajstić information content (AvgIpc) is 3.35. The molecule has 0 aromatic heterocycles. The van der Waals surface area contributed by atoms with Crippen molar-refractivity contribution >= 4 is 11.6 Å². The van der Waals surface area contributed by atoms with Crippen molar-refractivity contribution < 1.29 is 14.2 Å². The van der Waals surface area contributed by atoms with Crippen LogP contribution in [0.5, 0.6) is 17.2 Å². The molecule has 0 amide bonds. The number of hydrogen-bond donors (Lipinski definition) is 3. The lowest BCUT2D eigenvalue weighted by atomic mass is 9.87. The predicted octanol–water partition coefficient (Wildman–Crippen LogP) is 12.2. The Morgan fingerprint density at radius 2 is 0.758 bits per heavy atom. The zero-order valence-corrected chi connectivity index (χ0v) is 37.1. The maximum atomic E-state index is 6.15. The summed E-state index contributed by atoms with van der Waals surface area (Å²) in [7, 11) is 0. The van der Waals surface area contributed by atoms with E-state index in [1.807, 2.05) is 72.8 Å². The number of hydrogen-bond acceptors (Lipinski definition) is 6. The first kappa shape index (κ1) is 44.9. The maximum Gasteiger partial charge on any atom is 0.138 e. The van der Waals surface area contributed by atoms with Crippen LogP contribution in [0.4, 0.5) is 0 Å². The highest BCUT2D eigenvalue weighted by atomic mass is 35.5. The highest BCUT2D eigenvalue weighted by Gasteiger charge is 2.20. The molecule has 3 aliphatic rings. The molecule has 0 bridgehead atoms. The molecule has 3 fully saturated rings. The number of rotatable bonds is 12. The lowest BCUT2D eigenvalue weighted by Crippen LogP contribution is -2.27. The Kier molecular flexibility index (Phi) is 17.8. The maximum absolute atomic E-state index is 6.15. The number of piperidine rings is 3. The molecule has 0 aliphatic carbocycles. The molecule has 3 N–H and O–H groups in total. The van der Waals surface area contributed by atoms with Crippen LogP contribution in [0.2, 0.25) is 5.02 Å². The monoisotopic (exact) mass is 849 g/mol. The van der Waals surface area contributed by atoms with Gasteiger partial charge in [-0.25, -0.2) is 0 Å². The Morgan fingerprint density at radius 3 is 1.21 bits per heavy atom. The third-order valence-electron chi connectivity index (χ3n) is 12.3. The summed E-state index contributed by atoms with van der Waals surface area (Å²) >= 11 is 6.15. The molecule has 6 aromatic carbocycles. The highest BCUT2D eigenvalue weighted by Crippen LogP contribution is 2.32. The summed E-state index contributed by atoms with van der Waals surface area (Å²) in [6.07, 6.45) is 7.29. The average molecular weight is 851 g/mol. The number of aryl methyl sites for hydroxylation is 1. The van der Waals surface area contributed by atoms with Gasteiger partial charge in [0.1, 0.15) is 37.1 Å².